The van der Waals surface area contributed by atoms with Gasteiger partial charge < -0.3 is 0 Å². The zero-order valence-electron chi connectivity index (χ0n) is 11.2. The fourth-order valence-electron chi connectivity index (χ4n) is 2.63. The van der Waals surface area contributed by atoms with E-state index in [0.717, 1.165) is 26.2 Å². The van der Waals surface area contributed by atoms with Gasteiger partial charge in [0.25, 0.3) is 0 Å². The van der Waals surface area contributed by atoms with Crippen LogP contribution in [0.5, 0.6) is 0 Å². The monoisotopic (exact) mass is 440 g/mol. The maximum absolute atomic E-state index is 3.54. The van der Waals surface area contributed by atoms with Gasteiger partial charge in [-0.3, -0.25) is 0 Å². The zero-order valence-corrected chi connectivity index (χ0v) is 16.7. The summed E-state index contributed by atoms with van der Waals surface area (Å²) in [4.78, 5) is 0. The Morgan fingerprint density at radius 2 is 1.16 bits per heavy atom. The van der Waals surface area contributed by atoms with Gasteiger partial charge in [0.1, 0.15) is 0 Å². The molecular formula is C16H18HgN2. The fourth-order valence-corrected chi connectivity index (χ4v) is 9.86. The van der Waals surface area contributed by atoms with E-state index in [1.807, 2.05) is 0 Å². The van der Waals surface area contributed by atoms with E-state index in [1.54, 1.807) is 6.14 Å². The Kier molecular flexibility index (Phi) is 4.64. The van der Waals surface area contributed by atoms with Crippen molar-refractivity contribution in [2.45, 2.75) is 13.1 Å². The predicted molar refractivity (Wildman–Crippen MR) is 75.6 cm³/mol. The van der Waals surface area contributed by atoms with Crippen molar-refractivity contribution in [1.29, 1.82) is 0 Å². The minimum atomic E-state index is -1.23. The van der Waals surface area contributed by atoms with Crippen LogP contribution in [0.2, 0.25) is 0 Å². The molecule has 0 aliphatic carbocycles. The summed E-state index contributed by atoms with van der Waals surface area (Å²) in [5.74, 6) is 0. The summed E-state index contributed by atoms with van der Waals surface area (Å²) in [6.45, 7) is 4.10. The van der Waals surface area contributed by atoms with Crippen LogP contribution < -0.4 is 16.8 Å². The molecule has 0 radical (unpaired) electrons. The molecule has 19 heavy (non-hydrogen) atoms. The zero-order chi connectivity index (χ0) is 12.9. The molecule has 3 rings (SSSR count). The van der Waals surface area contributed by atoms with Crippen molar-refractivity contribution in [1.82, 2.24) is 10.6 Å². The Hall–Kier alpha value is -0.705. The molecule has 0 aromatic heterocycles. The van der Waals surface area contributed by atoms with Gasteiger partial charge in [0.2, 0.25) is 0 Å². The van der Waals surface area contributed by atoms with E-state index >= 15 is 0 Å². The van der Waals surface area contributed by atoms with E-state index in [2.05, 4.69) is 59.2 Å². The van der Waals surface area contributed by atoms with E-state index in [-0.39, 0.29) is 0 Å². The van der Waals surface area contributed by atoms with Gasteiger partial charge in [-0.05, 0) is 0 Å². The van der Waals surface area contributed by atoms with Crippen LogP contribution in [-0.4, -0.2) is 13.1 Å². The molecule has 3 heteroatoms. The number of benzene rings is 2. The Morgan fingerprint density at radius 1 is 0.684 bits per heavy atom. The number of hydrogen-bond donors (Lipinski definition) is 2. The summed E-state index contributed by atoms with van der Waals surface area (Å²) >= 11 is -1.23. The second kappa shape index (κ2) is 6.64. The summed E-state index contributed by atoms with van der Waals surface area (Å²) in [6, 6.07) is 18.0. The summed E-state index contributed by atoms with van der Waals surface area (Å²) < 4.78 is 3.31. The third-order valence-electron chi connectivity index (χ3n) is 3.73. The molecule has 1 heterocycles. The van der Waals surface area contributed by atoms with Crippen molar-refractivity contribution in [3.05, 3.63) is 59.7 Å². The van der Waals surface area contributed by atoms with Gasteiger partial charge in [-0.25, -0.2) is 0 Å². The van der Waals surface area contributed by atoms with Crippen molar-refractivity contribution in [3.63, 3.8) is 0 Å². The first-order chi connectivity index (χ1) is 9.43. The average molecular weight is 439 g/mol. The summed E-state index contributed by atoms with van der Waals surface area (Å²) in [5.41, 5.74) is 3.03. The number of fused-ring (bicyclic) bond motifs is 2. The van der Waals surface area contributed by atoms with Crippen molar-refractivity contribution in [2.75, 3.05) is 13.1 Å². The summed E-state index contributed by atoms with van der Waals surface area (Å²) in [5, 5.41) is 7.08. The molecule has 0 atom stereocenters. The molecule has 1 aliphatic heterocycles. The molecule has 0 saturated heterocycles. The Balaban J connectivity index is 1.97. The molecule has 0 spiro atoms. The molecule has 0 bridgehead atoms. The molecule has 2 aromatic rings. The van der Waals surface area contributed by atoms with Crippen molar-refractivity contribution >= 4 is 6.14 Å². The van der Waals surface area contributed by atoms with E-state index in [9.17, 15) is 0 Å². The van der Waals surface area contributed by atoms with E-state index in [4.69, 9.17) is 0 Å². The fraction of sp³-hybridized carbons (Fsp3) is 0.250. The minimum absolute atomic E-state index is 1.01. The first-order valence-electron chi connectivity index (χ1n) is 6.98. The van der Waals surface area contributed by atoms with Crippen LogP contribution in [0.25, 0.3) is 0 Å². The van der Waals surface area contributed by atoms with Crippen molar-refractivity contribution in [2.24, 2.45) is 0 Å². The average Bonchev–Trinajstić information content (AvgIpc) is 2.49. The molecule has 0 fully saturated rings. The standard InChI is InChI=1S/C16H18N2.Hg/c1-3-7-15(8-4-1)13-17-11-12-18-14-16-9-5-2-6-10-16;/h1-7,9,17-18H,11-14H2;. The SMILES string of the molecule is c1cc[c]2c(c1)CNCCNCc1cccc[c]1[Hg]2. The first-order valence-corrected chi connectivity index (χ1v) is 12.5. The molecule has 2 N–H and O–H groups in total. The predicted octanol–water partition coefficient (Wildman–Crippen LogP) is 0.913. The first kappa shape index (κ1) is 13.3. The van der Waals surface area contributed by atoms with Crippen LogP contribution in [0, 0.1) is 0 Å². The molecule has 2 aromatic carbocycles. The number of hydrogen-bond acceptors (Lipinski definition) is 2. The van der Waals surface area contributed by atoms with Gasteiger partial charge >= 0.3 is 127 Å². The van der Waals surface area contributed by atoms with E-state index in [1.165, 1.54) is 11.1 Å². The Bertz CT molecular complexity index is 504. The molecular weight excluding hydrogens is 421 g/mol. The van der Waals surface area contributed by atoms with Gasteiger partial charge in [0.15, 0.2) is 0 Å². The van der Waals surface area contributed by atoms with Crippen molar-refractivity contribution < 1.29 is 24.6 Å². The van der Waals surface area contributed by atoms with Gasteiger partial charge in [0, 0.05) is 0 Å². The molecule has 0 unspecified atom stereocenters. The van der Waals surface area contributed by atoms with Crippen LogP contribution in [0.1, 0.15) is 11.1 Å². The molecule has 0 saturated carbocycles. The molecule has 94 valence electrons. The third kappa shape index (κ3) is 3.44. The van der Waals surface area contributed by atoms with Gasteiger partial charge in [-0.15, -0.1) is 0 Å². The van der Waals surface area contributed by atoms with Crippen LogP contribution in [0.3, 0.4) is 0 Å². The van der Waals surface area contributed by atoms with Gasteiger partial charge in [-0.2, -0.15) is 0 Å². The topological polar surface area (TPSA) is 24.1 Å². The van der Waals surface area contributed by atoms with Crippen molar-refractivity contribution in [3.8, 4) is 0 Å². The number of nitrogens with one attached hydrogen (secondary N) is 2. The second-order valence-electron chi connectivity index (χ2n) is 5.07. The normalized spacial score (nSPS) is 15.2. The molecule has 2 nitrogen and oxygen atoms in total. The van der Waals surface area contributed by atoms with Crippen LogP contribution >= 0.6 is 0 Å². The molecule has 1 aliphatic rings. The second-order valence-corrected chi connectivity index (χ2v) is 12.4. The van der Waals surface area contributed by atoms with Crippen LogP contribution in [0.4, 0.5) is 0 Å². The number of rotatable bonds is 0. The Labute approximate surface area is 127 Å². The summed E-state index contributed by atoms with van der Waals surface area (Å²) in [7, 11) is 0. The third-order valence-corrected chi connectivity index (χ3v) is 12.1. The molecule has 0 amide bonds. The van der Waals surface area contributed by atoms with E-state index in [0.29, 0.717) is 0 Å². The maximum atomic E-state index is 3.54. The Morgan fingerprint density at radius 3 is 1.68 bits per heavy atom. The van der Waals surface area contributed by atoms with E-state index < -0.39 is 24.6 Å². The summed E-state index contributed by atoms with van der Waals surface area (Å²) in [6.07, 6.45) is 0. The van der Waals surface area contributed by atoms with Crippen LogP contribution in [-0.2, 0) is 37.7 Å². The van der Waals surface area contributed by atoms with Gasteiger partial charge in [-0.1, -0.05) is 0 Å². The quantitative estimate of drug-likeness (QED) is 0.598. The van der Waals surface area contributed by atoms with Gasteiger partial charge in [0.05, 0.1) is 0 Å². The van der Waals surface area contributed by atoms with Crippen LogP contribution in [0.15, 0.2) is 48.5 Å².